The van der Waals surface area contributed by atoms with Crippen LogP contribution < -0.4 is 4.18 Å². The van der Waals surface area contributed by atoms with Crippen molar-refractivity contribution in [3.63, 3.8) is 0 Å². The molecule has 164 valence electrons. The van der Waals surface area contributed by atoms with E-state index in [0.29, 0.717) is 31.5 Å². The van der Waals surface area contributed by atoms with Gasteiger partial charge in [-0.25, -0.2) is 13.2 Å². The molecule has 0 spiro atoms. The van der Waals surface area contributed by atoms with Gasteiger partial charge in [0.15, 0.2) is 23.2 Å². The minimum absolute atomic E-state index is 0.136. The van der Waals surface area contributed by atoms with Crippen molar-refractivity contribution in [2.75, 3.05) is 19.6 Å². The average molecular weight is 451 g/mol. The van der Waals surface area contributed by atoms with Gasteiger partial charge in [0.1, 0.15) is 10.6 Å². The molecule has 31 heavy (non-hydrogen) atoms. The Labute approximate surface area is 178 Å². The fourth-order valence-corrected chi connectivity index (χ4v) is 4.28. The molecule has 5 nitrogen and oxygen atoms in total. The standard InChI is InChI=1S/C22H20F3NO4S/c1-2-3-9-26-10-7-15(8-11-26)22(27)16-5-4-6-17(12-16)30-31(28,29)18-13-19(23)21(25)20(24)14-18/h4-6,12-15H,7-11H2,1H3. The van der Waals surface area contributed by atoms with E-state index < -0.39 is 32.5 Å². The summed E-state index contributed by atoms with van der Waals surface area (Å²) < 4.78 is 69.5. The van der Waals surface area contributed by atoms with Gasteiger partial charge in [0.05, 0.1) is 6.54 Å². The maximum absolute atomic E-state index is 13.4. The smallest absolute Gasteiger partial charge is 0.339 e. The van der Waals surface area contributed by atoms with E-state index in [9.17, 15) is 26.4 Å². The SMILES string of the molecule is CC#CCN1CCC(C(=O)c2cccc(OS(=O)(=O)c3cc(F)c(F)c(F)c3)c2)CC1. The van der Waals surface area contributed by atoms with E-state index in [2.05, 4.69) is 16.7 Å². The number of ketones is 1. The predicted octanol–water partition coefficient (Wildman–Crippen LogP) is 3.79. The zero-order chi connectivity index (χ0) is 22.6. The summed E-state index contributed by atoms with van der Waals surface area (Å²) in [6, 6.07) is 6.24. The van der Waals surface area contributed by atoms with E-state index in [0.717, 1.165) is 13.1 Å². The van der Waals surface area contributed by atoms with Crippen LogP contribution in [0.1, 0.15) is 30.1 Å². The molecule has 0 saturated carbocycles. The Bertz CT molecular complexity index is 1120. The molecule has 0 aliphatic carbocycles. The largest absolute Gasteiger partial charge is 0.379 e. The Morgan fingerprint density at radius 2 is 1.77 bits per heavy atom. The lowest BCUT2D eigenvalue weighted by molar-refractivity contribution is 0.0849. The lowest BCUT2D eigenvalue weighted by Gasteiger charge is -2.29. The predicted molar refractivity (Wildman–Crippen MR) is 108 cm³/mol. The number of hydrogen-bond donors (Lipinski definition) is 0. The maximum Gasteiger partial charge on any atom is 0.339 e. The lowest BCUT2D eigenvalue weighted by Crippen LogP contribution is -2.36. The van der Waals surface area contributed by atoms with E-state index in [1.165, 1.54) is 18.2 Å². The first-order valence-electron chi connectivity index (χ1n) is 9.56. The van der Waals surface area contributed by atoms with Crippen LogP contribution in [0.2, 0.25) is 0 Å². The number of nitrogens with zero attached hydrogens (tertiary/aromatic N) is 1. The van der Waals surface area contributed by atoms with Crippen molar-refractivity contribution in [2.45, 2.75) is 24.7 Å². The molecule has 1 fully saturated rings. The summed E-state index contributed by atoms with van der Waals surface area (Å²) in [6.07, 6.45) is 1.31. The lowest BCUT2D eigenvalue weighted by atomic mass is 9.89. The summed E-state index contributed by atoms with van der Waals surface area (Å²) in [5.41, 5.74) is 0.274. The van der Waals surface area contributed by atoms with E-state index in [-0.39, 0.29) is 23.0 Å². The molecule has 2 aromatic rings. The van der Waals surface area contributed by atoms with Crippen LogP contribution in [0, 0.1) is 35.2 Å². The van der Waals surface area contributed by atoms with Gasteiger partial charge in [0.2, 0.25) is 0 Å². The number of rotatable bonds is 6. The number of hydrogen-bond acceptors (Lipinski definition) is 5. The number of likely N-dealkylation sites (tertiary alicyclic amines) is 1. The normalized spacial score (nSPS) is 15.2. The zero-order valence-corrected chi connectivity index (χ0v) is 17.5. The molecule has 0 amide bonds. The zero-order valence-electron chi connectivity index (χ0n) is 16.7. The van der Waals surface area contributed by atoms with Crippen molar-refractivity contribution in [2.24, 2.45) is 5.92 Å². The Morgan fingerprint density at radius 3 is 2.39 bits per heavy atom. The van der Waals surface area contributed by atoms with Crippen molar-refractivity contribution in [3.8, 4) is 17.6 Å². The highest BCUT2D eigenvalue weighted by molar-refractivity contribution is 7.87. The van der Waals surface area contributed by atoms with Crippen LogP contribution in [0.25, 0.3) is 0 Å². The van der Waals surface area contributed by atoms with Gasteiger partial charge in [-0.2, -0.15) is 8.42 Å². The third-order valence-electron chi connectivity index (χ3n) is 5.01. The molecule has 0 aromatic heterocycles. The number of halogens is 3. The second-order valence-corrected chi connectivity index (χ2v) is 8.65. The van der Waals surface area contributed by atoms with Crippen LogP contribution in [0.15, 0.2) is 41.3 Å². The third kappa shape index (κ3) is 5.46. The molecule has 3 rings (SSSR count). The quantitative estimate of drug-likeness (QED) is 0.289. The van der Waals surface area contributed by atoms with Gasteiger partial charge >= 0.3 is 10.1 Å². The van der Waals surface area contributed by atoms with Gasteiger partial charge in [-0.3, -0.25) is 9.69 Å². The monoisotopic (exact) mass is 451 g/mol. The maximum atomic E-state index is 13.4. The Hall–Kier alpha value is -2.83. The molecule has 2 aromatic carbocycles. The second kappa shape index (κ2) is 9.54. The van der Waals surface area contributed by atoms with Gasteiger partial charge in [-0.15, -0.1) is 5.92 Å². The number of piperidine rings is 1. The van der Waals surface area contributed by atoms with Crippen LogP contribution in [0.5, 0.6) is 5.75 Å². The van der Waals surface area contributed by atoms with Gasteiger partial charge in [-0.1, -0.05) is 18.1 Å². The van der Waals surface area contributed by atoms with Gasteiger partial charge in [0.25, 0.3) is 0 Å². The Balaban J connectivity index is 1.73. The van der Waals surface area contributed by atoms with E-state index >= 15 is 0 Å². The molecule has 0 unspecified atom stereocenters. The van der Waals surface area contributed by atoms with Crippen LogP contribution in [0.3, 0.4) is 0 Å². The summed E-state index contributed by atoms with van der Waals surface area (Å²) >= 11 is 0. The molecule has 0 atom stereocenters. The van der Waals surface area contributed by atoms with E-state index in [1.807, 2.05) is 0 Å². The first-order valence-corrected chi connectivity index (χ1v) is 11.0. The fraction of sp³-hybridized carbons (Fsp3) is 0.318. The highest BCUT2D eigenvalue weighted by atomic mass is 32.2. The van der Waals surface area contributed by atoms with Crippen molar-refractivity contribution in [1.82, 2.24) is 4.90 Å². The number of Topliss-reactive ketones (excluding diaryl/α,β-unsaturated/α-hetero) is 1. The summed E-state index contributed by atoms with van der Waals surface area (Å²) in [4.78, 5) is 14.1. The molecular weight excluding hydrogens is 431 g/mol. The first kappa shape index (κ1) is 22.8. The average Bonchev–Trinajstić information content (AvgIpc) is 2.75. The molecule has 0 bridgehead atoms. The van der Waals surface area contributed by atoms with Crippen molar-refractivity contribution in [1.29, 1.82) is 0 Å². The van der Waals surface area contributed by atoms with Gasteiger partial charge in [-0.05, 0) is 57.1 Å². The molecule has 1 heterocycles. The highest BCUT2D eigenvalue weighted by Gasteiger charge is 2.27. The van der Waals surface area contributed by atoms with Crippen LogP contribution in [-0.4, -0.2) is 38.7 Å². The number of benzene rings is 2. The van der Waals surface area contributed by atoms with Crippen molar-refractivity contribution in [3.05, 3.63) is 59.4 Å². The Kier molecular flexibility index (Phi) is 7.03. The molecule has 0 radical (unpaired) electrons. The molecule has 1 aliphatic rings. The van der Waals surface area contributed by atoms with E-state index in [1.54, 1.807) is 13.0 Å². The summed E-state index contributed by atoms with van der Waals surface area (Å²) in [5.74, 6) is 0.221. The minimum atomic E-state index is -4.64. The molecule has 1 saturated heterocycles. The summed E-state index contributed by atoms with van der Waals surface area (Å²) in [7, 11) is -4.64. The molecular formula is C22H20F3NO4S. The van der Waals surface area contributed by atoms with Crippen LogP contribution in [-0.2, 0) is 10.1 Å². The van der Waals surface area contributed by atoms with Gasteiger partial charge < -0.3 is 4.18 Å². The van der Waals surface area contributed by atoms with Crippen LogP contribution in [0.4, 0.5) is 13.2 Å². The van der Waals surface area contributed by atoms with Crippen molar-refractivity contribution >= 4 is 15.9 Å². The number of carbonyl (C=O) groups excluding carboxylic acids is 1. The highest BCUT2D eigenvalue weighted by Crippen LogP contribution is 2.26. The van der Waals surface area contributed by atoms with E-state index in [4.69, 9.17) is 4.18 Å². The van der Waals surface area contributed by atoms with Crippen LogP contribution >= 0.6 is 0 Å². The molecule has 1 aliphatic heterocycles. The van der Waals surface area contributed by atoms with Gasteiger partial charge in [0, 0.05) is 11.5 Å². The summed E-state index contributed by atoms with van der Waals surface area (Å²) in [6.45, 7) is 3.90. The Morgan fingerprint density at radius 1 is 1.13 bits per heavy atom. The minimum Gasteiger partial charge on any atom is -0.379 e. The second-order valence-electron chi connectivity index (χ2n) is 7.11. The van der Waals surface area contributed by atoms with Crippen molar-refractivity contribution < 1.29 is 30.6 Å². The fourth-order valence-electron chi connectivity index (χ4n) is 3.33. The first-order chi connectivity index (χ1) is 14.7. The molecule has 0 N–H and O–H groups in total. The summed E-state index contributed by atoms with van der Waals surface area (Å²) in [5, 5.41) is 0. The third-order valence-corrected chi connectivity index (χ3v) is 6.23. The number of carbonyl (C=O) groups is 1. The molecule has 9 heteroatoms. The topological polar surface area (TPSA) is 63.7 Å².